The summed E-state index contributed by atoms with van der Waals surface area (Å²) in [6.45, 7) is 1.91. The van der Waals surface area contributed by atoms with Crippen LogP contribution in [-0.4, -0.2) is 47.4 Å². The number of nitrogens with zero attached hydrogens (tertiary/aromatic N) is 1. The summed E-state index contributed by atoms with van der Waals surface area (Å²) >= 11 is 0. The van der Waals surface area contributed by atoms with Crippen molar-refractivity contribution in [3.8, 4) is 11.8 Å². The minimum Gasteiger partial charge on any atom is -0.481 e. The van der Waals surface area contributed by atoms with Crippen LogP contribution in [0.3, 0.4) is 0 Å². The van der Waals surface area contributed by atoms with Crippen molar-refractivity contribution in [2.45, 2.75) is 25.7 Å². The molecule has 0 radical (unpaired) electrons. The number of carbonyl (C=O) groups is 2. The molecule has 0 atom stereocenters. The molecule has 31 heavy (non-hydrogen) atoms. The van der Waals surface area contributed by atoms with Gasteiger partial charge in [0.2, 0.25) is 0 Å². The molecule has 0 aliphatic carbocycles. The second-order valence-electron chi connectivity index (χ2n) is 7.41. The van der Waals surface area contributed by atoms with Crippen molar-refractivity contribution in [1.82, 2.24) is 4.90 Å². The van der Waals surface area contributed by atoms with E-state index in [1.165, 1.54) is 0 Å². The van der Waals surface area contributed by atoms with Crippen LogP contribution in [0.2, 0.25) is 0 Å². The summed E-state index contributed by atoms with van der Waals surface area (Å²) in [6.07, 6.45) is 2.27. The fourth-order valence-electron chi connectivity index (χ4n) is 3.48. The summed E-state index contributed by atoms with van der Waals surface area (Å²) in [5.41, 5.74) is 9.01. The van der Waals surface area contributed by atoms with Crippen LogP contribution in [0.1, 0.15) is 46.3 Å². The number of carboxylic acids is 1. The summed E-state index contributed by atoms with van der Waals surface area (Å²) in [4.78, 5) is 25.7. The maximum Gasteiger partial charge on any atom is 0.303 e. The first kappa shape index (κ1) is 21.9. The lowest BCUT2D eigenvalue weighted by atomic mass is 9.99. The third kappa shape index (κ3) is 6.09. The van der Waals surface area contributed by atoms with Gasteiger partial charge in [-0.1, -0.05) is 11.8 Å². The number of anilines is 1. The number of amides is 1. The van der Waals surface area contributed by atoms with Crippen molar-refractivity contribution in [2.24, 2.45) is 5.73 Å². The van der Waals surface area contributed by atoms with Gasteiger partial charge in [-0.2, -0.15) is 0 Å². The van der Waals surface area contributed by atoms with Gasteiger partial charge in [0, 0.05) is 41.9 Å². The highest BCUT2D eigenvalue weighted by Crippen LogP contribution is 2.19. The number of carbonyl (C=O) groups excluding carboxylic acids is 1. The first-order valence-corrected chi connectivity index (χ1v) is 10.3. The predicted molar refractivity (Wildman–Crippen MR) is 120 cm³/mol. The Balaban J connectivity index is 1.69. The van der Waals surface area contributed by atoms with Gasteiger partial charge in [-0.25, -0.2) is 0 Å². The van der Waals surface area contributed by atoms with Gasteiger partial charge in [0.05, 0.1) is 6.54 Å². The van der Waals surface area contributed by atoms with E-state index in [2.05, 4.69) is 17.2 Å². The Morgan fingerprint density at radius 3 is 2.48 bits per heavy atom. The smallest absolute Gasteiger partial charge is 0.303 e. The number of nitrogens with one attached hydrogen (secondary N) is 2. The van der Waals surface area contributed by atoms with Crippen LogP contribution < -0.4 is 11.1 Å². The van der Waals surface area contributed by atoms with E-state index in [9.17, 15) is 9.59 Å². The molecule has 5 N–H and O–H groups in total. The number of hydrogen-bond donors (Lipinski definition) is 4. The molecule has 1 fully saturated rings. The molecule has 0 saturated carbocycles. The quantitative estimate of drug-likeness (QED) is 0.313. The third-order valence-electron chi connectivity index (χ3n) is 5.15. The predicted octanol–water partition coefficient (Wildman–Crippen LogP) is 2.69. The van der Waals surface area contributed by atoms with Crippen LogP contribution in [0, 0.1) is 17.3 Å². The molecule has 2 aromatic carbocycles. The number of aryl methyl sites for hydroxylation is 1. The Bertz CT molecular complexity index is 1030. The Labute approximate surface area is 181 Å². The number of benzene rings is 2. The van der Waals surface area contributed by atoms with Gasteiger partial charge < -0.3 is 21.1 Å². The minimum absolute atomic E-state index is 0.0247. The molecule has 1 heterocycles. The van der Waals surface area contributed by atoms with Crippen LogP contribution in [0.5, 0.6) is 0 Å². The number of nitrogens with two attached hydrogens (primary N) is 1. The molecule has 1 aliphatic heterocycles. The topological polar surface area (TPSA) is 120 Å². The molecule has 0 spiro atoms. The van der Waals surface area contributed by atoms with Crippen molar-refractivity contribution in [1.29, 1.82) is 5.41 Å². The van der Waals surface area contributed by atoms with Crippen LogP contribution in [0.25, 0.3) is 0 Å². The van der Waals surface area contributed by atoms with E-state index < -0.39 is 5.97 Å². The molecule has 2 aromatic rings. The average molecular weight is 418 g/mol. The molecule has 3 rings (SSSR count). The average Bonchev–Trinajstić information content (AvgIpc) is 3.30. The number of carboxylic acid groups (broad SMARTS) is 1. The van der Waals surface area contributed by atoms with Gasteiger partial charge in [0.15, 0.2) is 0 Å². The molecule has 7 heteroatoms. The molecular formula is C24H26N4O3. The van der Waals surface area contributed by atoms with Gasteiger partial charge in [-0.15, -0.1) is 0 Å². The molecule has 1 saturated heterocycles. The zero-order chi connectivity index (χ0) is 22.2. The molecule has 7 nitrogen and oxygen atoms in total. The molecule has 0 bridgehead atoms. The van der Waals surface area contributed by atoms with E-state index in [1.54, 1.807) is 18.2 Å². The van der Waals surface area contributed by atoms with Crippen molar-refractivity contribution in [3.05, 3.63) is 64.7 Å². The number of hydrogen-bond acceptors (Lipinski definition) is 4. The lowest BCUT2D eigenvalue weighted by Gasteiger charge is -2.17. The van der Waals surface area contributed by atoms with E-state index >= 15 is 0 Å². The second-order valence-corrected chi connectivity index (χ2v) is 7.41. The summed E-state index contributed by atoms with van der Waals surface area (Å²) in [7, 11) is 0. The minimum atomic E-state index is -0.893. The zero-order valence-electron chi connectivity index (χ0n) is 17.3. The number of likely N-dealkylation sites (tertiary alicyclic amines) is 1. The van der Waals surface area contributed by atoms with Crippen molar-refractivity contribution in [2.75, 3.05) is 25.0 Å². The Hall–Kier alpha value is -3.79. The van der Waals surface area contributed by atoms with Crippen LogP contribution >= 0.6 is 0 Å². The molecule has 1 aliphatic rings. The monoisotopic (exact) mass is 418 g/mol. The highest BCUT2D eigenvalue weighted by Gasteiger charge is 2.22. The summed E-state index contributed by atoms with van der Waals surface area (Å²) < 4.78 is 0. The normalized spacial score (nSPS) is 12.7. The molecule has 160 valence electrons. The summed E-state index contributed by atoms with van der Waals surface area (Å²) in [5.74, 6) is 5.21. The van der Waals surface area contributed by atoms with Crippen LogP contribution in [0.4, 0.5) is 5.69 Å². The number of rotatable bonds is 7. The third-order valence-corrected chi connectivity index (χ3v) is 5.15. The van der Waals surface area contributed by atoms with Gasteiger partial charge in [0.25, 0.3) is 5.91 Å². The van der Waals surface area contributed by atoms with E-state index in [-0.39, 0.29) is 18.2 Å². The fourth-order valence-corrected chi connectivity index (χ4v) is 3.48. The van der Waals surface area contributed by atoms with Crippen LogP contribution in [0.15, 0.2) is 42.5 Å². The molecule has 0 aromatic heterocycles. The largest absolute Gasteiger partial charge is 0.481 e. The van der Waals surface area contributed by atoms with Gasteiger partial charge >= 0.3 is 5.97 Å². The summed E-state index contributed by atoms with van der Waals surface area (Å²) in [5, 5.41) is 19.7. The van der Waals surface area contributed by atoms with Gasteiger partial charge in [-0.3, -0.25) is 15.0 Å². The second kappa shape index (κ2) is 10.3. The standard InChI is InChI=1S/C24H26N4O3/c25-23(26)18-6-9-20(10-7-18)27-13-3-4-17-5-11-21(19(16-17)8-12-22(29)30)24(31)28-14-1-2-15-28/h5-7,9-11,16,27H,1-2,8,12-15H2,(H3,25,26)(H,29,30). The number of amidine groups is 1. The van der Waals surface area contributed by atoms with E-state index in [0.717, 1.165) is 42.7 Å². The van der Waals surface area contributed by atoms with Crippen LogP contribution in [-0.2, 0) is 11.2 Å². The zero-order valence-corrected chi connectivity index (χ0v) is 17.3. The van der Waals surface area contributed by atoms with E-state index in [0.29, 0.717) is 24.1 Å². The summed E-state index contributed by atoms with van der Waals surface area (Å²) in [6, 6.07) is 12.6. The van der Waals surface area contributed by atoms with E-state index in [4.69, 9.17) is 16.2 Å². The number of nitrogen functional groups attached to an aromatic ring is 1. The van der Waals surface area contributed by atoms with Gasteiger partial charge in [-0.05, 0) is 67.3 Å². The van der Waals surface area contributed by atoms with E-state index in [1.807, 2.05) is 29.2 Å². The fraction of sp³-hybridized carbons (Fsp3) is 0.292. The molecule has 0 unspecified atom stereocenters. The Kier molecular flexibility index (Phi) is 7.28. The Morgan fingerprint density at radius 1 is 1.13 bits per heavy atom. The highest BCUT2D eigenvalue weighted by molar-refractivity contribution is 5.96. The van der Waals surface area contributed by atoms with Crippen molar-refractivity contribution in [3.63, 3.8) is 0 Å². The maximum absolute atomic E-state index is 12.8. The first-order chi connectivity index (χ1) is 14.9. The first-order valence-electron chi connectivity index (χ1n) is 10.3. The SMILES string of the molecule is N=C(N)c1ccc(NCC#Cc2ccc(C(=O)N3CCCC3)c(CCC(=O)O)c2)cc1. The highest BCUT2D eigenvalue weighted by atomic mass is 16.4. The number of aliphatic carboxylic acids is 1. The molecular weight excluding hydrogens is 392 g/mol. The lowest BCUT2D eigenvalue weighted by Crippen LogP contribution is -2.28. The van der Waals surface area contributed by atoms with Gasteiger partial charge in [0.1, 0.15) is 5.84 Å². The maximum atomic E-state index is 12.8. The van der Waals surface area contributed by atoms with Crippen molar-refractivity contribution < 1.29 is 14.7 Å². The Morgan fingerprint density at radius 2 is 1.84 bits per heavy atom. The molecule has 1 amide bonds. The lowest BCUT2D eigenvalue weighted by molar-refractivity contribution is -0.136. The van der Waals surface area contributed by atoms with Crippen molar-refractivity contribution >= 4 is 23.4 Å².